The molecule has 3 N–H and O–H groups in total. The molecule has 0 unspecified atom stereocenters. The SMILES string of the molecule is Nc1nc(-c2ccc(O)cc2)c(Cc2ccccc2)s1. The lowest BCUT2D eigenvalue weighted by molar-refractivity contribution is 0.475. The summed E-state index contributed by atoms with van der Waals surface area (Å²) < 4.78 is 0. The van der Waals surface area contributed by atoms with Crippen molar-refractivity contribution in [1.82, 2.24) is 4.98 Å². The van der Waals surface area contributed by atoms with Crippen LogP contribution >= 0.6 is 11.3 Å². The molecule has 0 fully saturated rings. The molecule has 0 radical (unpaired) electrons. The fraction of sp³-hybridized carbons (Fsp3) is 0.0625. The summed E-state index contributed by atoms with van der Waals surface area (Å²) in [6.07, 6.45) is 0.811. The van der Waals surface area contributed by atoms with Crippen molar-refractivity contribution in [1.29, 1.82) is 0 Å². The number of thiazole rings is 1. The molecule has 100 valence electrons. The molecule has 20 heavy (non-hydrogen) atoms. The van der Waals surface area contributed by atoms with E-state index in [1.807, 2.05) is 30.3 Å². The van der Waals surface area contributed by atoms with Gasteiger partial charge in [0.1, 0.15) is 5.75 Å². The zero-order valence-corrected chi connectivity index (χ0v) is 11.6. The summed E-state index contributed by atoms with van der Waals surface area (Å²) in [4.78, 5) is 5.56. The van der Waals surface area contributed by atoms with Gasteiger partial charge in [-0.25, -0.2) is 4.98 Å². The summed E-state index contributed by atoms with van der Waals surface area (Å²) in [5.74, 6) is 0.251. The zero-order chi connectivity index (χ0) is 13.9. The summed E-state index contributed by atoms with van der Waals surface area (Å²) in [7, 11) is 0. The van der Waals surface area contributed by atoms with Crippen LogP contribution in [0.1, 0.15) is 10.4 Å². The lowest BCUT2D eigenvalue weighted by Gasteiger charge is -2.03. The van der Waals surface area contributed by atoms with Gasteiger partial charge in [0.15, 0.2) is 5.13 Å². The van der Waals surface area contributed by atoms with E-state index in [0.29, 0.717) is 5.13 Å². The van der Waals surface area contributed by atoms with E-state index in [-0.39, 0.29) is 5.75 Å². The number of nitrogens with zero attached hydrogens (tertiary/aromatic N) is 1. The quantitative estimate of drug-likeness (QED) is 0.770. The van der Waals surface area contributed by atoms with Crippen LogP contribution in [0.5, 0.6) is 5.75 Å². The number of aromatic nitrogens is 1. The molecule has 0 saturated carbocycles. The van der Waals surface area contributed by atoms with Crippen molar-refractivity contribution in [2.75, 3.05) is 5.73 Å². The Kier molecular flexibility index (Phi) is 3.39. The number of phenolic OH excluding ortho intramolecular Hbond substituents is 1. The number of aromatic hydroxyl groups is 1. The van der Waals surface area contributed by atoms with E-state index in [1.165, 1.54) is 16.9 Å². The standard InChI is InChI=1S/C16H14N2OS/c17-16-18-15(12-6-8-13(19)9-7-12)14(20-16)10-11-4-2-1-3-5-11/h1-9,19H,10H2,(H2,17,18). The van der Waals surface area contributed by atoms with Gasteiger partial charge in [0.25, 0.3) is 0 Å². The van der Waals surface area contributed by atoms with Gasteiger partial charge in [-0.2, -0.15) is 0 Å². The Morgan fingerprint density at radius 1 is 1.00 bits per heavy atom. The number of hydrogen-bond donors (Lipinski definition) is 2. The summed E-state index contributed by atoms with van der Waals surface area (Å²) in [5.41, 5.74) is 8.96. The molecule has 2 aromatic carbocycles. The fourth-order valence-electron chi connectivity index (χ4n) is 2.12. The number of hydrogen-bond acceptors (Lipinski definition) is 4. The molecule has 0 aliphatic heterocycles. The van der Waals surface area contributed by atoms with Crippen LogP contribution in [0, 0.1) is 0 Å². The van der Waals surface area contributed by atoms with Gasteiger partial charge in [-0.1, -0.05) is 30.3 Å². The molecule has 3 aromatic rings. The Hall–Kier alpha value is -2.33. The second kappa shape index (κ2) is 5.35. The monoisotopic (exact) mass is 282 g/mol. The van der Waals surface area contributed by atoms with E-state index in [9.17, 15) is 5.11 Å². The third kappa shape index (κ3) is 2.65. The Balaban J connectivity index is 1.98. The third-order valence-corrected chi connectivity index (χ3v) is 3.95. The van der Waals surface area contributed by atoms with Crippen LogP contribution in [0.15, 0.2) is 54.6 Å². The molecule has 0 amide bonds. The van der Waals surface area contributed by atoms with Gasteiger partial charge < -0.3 is 10.8 Å². The molecule has 1 heterocycles. The number of nitrogen functional groups attached to an aromatic ring is 1. The number of phenols is 1. The maximum absolute atomic E-state index is 9.37. The molecule has 0 aliphatic rings. The predicted octanol–water partition coefficient (Wildman–Crippen LogP) is 3.69. The Morgan fingerprint density at radius 2 is 1.70 bits per heavy atom. The second-order valence-electron chi connectivity index (χ2n) is 4.53. The molecule has 3 nitrogen and oxygen atoms in total. The first-order chi connectivity index (χ1) is 9.72. The van der Waals surface area contributed by atoms with Crippen molar-refractivity contribution in [2.45, 2.75) is 6.42 Å². The first-order valence-corrected chi connectivity index (χ1v) is 7.12. The van der Waals surface area contributed by atoms with E-state index in [2.05, 4.69) is 17.1 Å². The van der Waals surface area contributed by atoms with Crippen LogP contribution < -0.4 is 5.73 Å². The van der Waals surface area contributed by atoms with Crippen LogP contribution in [-0.2, 0) is 6.42 Å². The highest BCUT2D eigenvalue weighted by Gasteiger charge is 2.12. The molecule has 0 aliphatic carbocycles. The van der Waals surface area contributed by atoms with Crippen LogP contribution in [0.4, 0.5) is 5.13 Å². The summed E-state index contributed by atoms with van der Waals surface area (Å²) in [6, 6.07) is 17.3. The maximum Gasteiger partial charge on any atom is 0.180 e. The molecule has 3 rings (SSSR count). The van der Waals surface area contributed by atoms with Crippen molar-refractivity contribution in [2.24, 2.45) is 0 Å². The minimum atomic E-state index is 0.251. The topological polar surface area (TPSA) is 59.1 Å². The van der Waals surface area contributed by atoms with Gasteiger partial charge in [-0.3, -0.25) is 0 Å². The first-order valence-electron chi connectivity index (χ1n) is 6.31. The van der Waals surface area contributed by atoms with Crippen LogP contribution in [0.25, 0.3) is 11.3 Å². The van der Waals surface area contributed by atoms with E-state index >= 15 is 0 Å². The lowest BCUT2D eigenvalue weighted by Crippen LogP contribution is -1.88. The smallest absolute Gasteiger partial charge is 0.180 e. The number of benzene rings is 2. The molecule has 4 heteroatoms. The summed E-state index contributed by atoms with van der Waals surface area (Å²) in [5, 5.41) is 9.94. The normalized spacial score (nSPS) is 10.6. The van der Waals surface area contributed by atoms with Crippen LogP contribution in [0.3, 0.4) is 0 Å². The van der Waals surface area contributed by atoms with E-state index in [1.54, 1.807) is 12.1 Å². The molecular formula is C16H14N2OS. The average Bonchev–Trinajstić information content (AvgIpc) is 2.81. The highest BCUT2D eigenvalue weighted by molar-refractivity contribution is 7.15. The van der Waals surface area contributed by atoms with Gasteiger partial charge in [-0.05, 0) is 29.8 Å². The van der Waals surface area contributed by atoms with Crippen LogP contribution in [-0.4, -0.2) is 10.1 Å². The largest absolute Gasteiger partial charge is 0.508 e. The minimum absolute atomic E-state index is 0.251. The maximum atomic E-state index is 9.37. The van der Waals surface area contributed by atoms with Crippen molar-refractivity contribution < 1.29 is 5.11 Å². The van der Waals surface area contributed by atoms with Gasteiger partial charge in [-0.15, -0.1) is 11.3 Å². The van der Waals surface area contributed by atoms with Crippen molar-refractivity contribution in [3.8, 4) is 17.0 Å². The van der Waals surface area contributed by atoms with Gasteiger partial charge in [0, 0.05) is 16.9 Å². The van der Waals surface area contributed by atoms with E-state index in [0.717, 1.165) is 22.6 Å². The molecule has 0 atom stereocenters. The average molecular weight is 282 g/mol. The predicted molar refractivity (Wildman–Crippen MR) is 82.9 cm³/mol. The van der Waals surface area contributed by atoms with E-state index < -0.39 is 0 Å². The van der Waals surface area contributed by atoms with E-state index in [4.69, 9.17) is 5.73 Å². The minimum Gasteiger partial charge on any atom is -0.508 e. The molecule has 0 bridgehead atoms. The van der Waals surface area contributed by atoms with Gasteiger partial charge in [0.2, 0.25) is 0 Å². The van der Waals surface area contributed by atoms with Crippen molar-refractivity contribution in [3.63, 3.8) is 0 Å². The number of nitrogens with two attached hydrogens (primary N) is 1. The highest BCUT2D eigenvalue weighted by atomic mass is 32.1. The van der Waals surface area contributed by atoms with Crippen molar-refractivity contribution in [3.05, 3.63) is 65.0 Å². The third-order valence-electron chi connectivity index (χ3n) is 3.06. The number of rotatable bonds is 3. The molecule has 1 aromatic heterocycles. The molecular weight excluding hydrogens is 268 g/mol. The first kappa shape index (κ1) is 12.7. The second-order valence-corrected chi connectivity index (χ2v) is 5.65. The van der Waals surface area contributed by atoms with Crippen LogP contribution in [0.2, 0.25) is 0 Å². The van der Waals surface area contributed by atoms with Crippen molar-refractivity contribution >= 4 is 16.5 Å². The lowest BCUT2D eigenvalue weighted by atomic mass is 10.1. The summed E-state index contributed by atoms with van der Waals surface area (Å²) >= 11 is 1.51. The fourth-order valence-corrected chi connectivity index (χ4v) is 3.00. The van der Waals surface area contributed by atoms with Gasteiger partial charge >= 0.3 is 0 Å². The Labute approximate surface area is 121 Å². The molecule has 0 saturated heterocycles. The molecule has 0 spiro atoms. The Bertz CT molecular complexity index is 705. The highest BCUT2D eigenvalue weighted by Crippen LogP contribution is 2.32. The Morgan fingerprint density at radius 3 is 2.40 bits per heavy atom. The summed E-state index contributed by atoms with van der Waals surface area (Å²) in [6.45, 7) is 0. The van der Waals surface area contributed by atoms with Gasteiger partial charge in [0.05, 0.1) is 5.69 Å². The zero-order valence-electron chi connectivity index (χ0n) is 10.8. The number of anilines is 1.